The van der Waals surface area contributed by atoms with E-state index in [0.717, 1.165) is 0 Å². The molecule has 1 aliphatic heterocycles. The second-order valence-electron chi connectivity index (χ2n) is 6.18. The molecular weight excluding hydrogens is 378 g/mol. The maximum atomic E-state index is 12.6. The zero-order chi connectivity index (χ0) is 21.1. The fourth-order valence-electron chi connectivity index (χ4n) is 3.20. The van der Waals surface area contributed by atoms with Crippen LogP contribution in [0.5, 0.6) is 23.0 Å². The maximum absolute atomic E-state index is 12.6. The number of ether oxygens (including phenoxy) is 4. The van der Waals surface area contributed by atoms with Crippen LogP contribution in [0.2, 0.25) is 0 Å². The third-order valence-electron chi connectivity index (χ3n) is 4.67. The van der Waals surface area contributed by atoms with Crippen molar-refractivity contribution in [1.82, 2.24) is 5.32 Å². The molecule has 1 fully saturated rings. The highest BCUT2D eigenvalue weighted by Gasteiger charge is 2.41. The summed E-state index contributed by atoms with van der Waals surface area (Å²) in [6.07, 6.45) is 0. The van der Waals surface area contributed by atoms with Crippen LogP contribution in [0.3, 0.4) is 0 Å². The molecule has 1 saturated heterocycles. The van der Waals surface area contributed by atoms with Crippen molar-refractivity contribution in [2.75, 3.05) is 28.4 Å². The van der Waals surface area contributed by atoms with Gasteiger partial charge >= 0.3 is 0 Å². The number of Topliss-reactive ketones (excluding diaryl/α,β-unsaturated/α-hetero) is 1. The summed E-state index contributed by atoms with van der Waals surface area (Å²) in [6, 6.07) is 8.78. The first-order valence-electron chi connectivity index (χ1n) is 8.67. The first-order valence-corrected chi connectivity index (χ1v) is 8.67. The zero-order valence-corrected chi connectivity index (χ0v) is 16.4. The van der Waals surface area contributed by atoms with Crippen molar-refractivity contribution in [2.45, 2.75) is 6.04 Å². The molecule has 0 saturated carbocycles. The number of nitrogens with one attached hydrogen (secondary N) is 1. The zero-order valence-electron chi connectivity index (χ0n) is 16.4. The molecule has 0 aliphatic carbocycles. The Bertz CT molecular complexity index is 997. The van der Waals surface area contributed by atoms with Gasteiger partial charge in [0.1, 0.15) is 17.3 Å². The molecule has 2 N–H and O–H groups in total. The van der Waals surface area contributed by atoms with Crippen LogP contribution in [0.4, 0.5) is 0 Å². The van der Waals surface area contributed by atoms with Gasteiger partial charge in [0, 0.05) is 11.1 Å². The number of aliphatic hydroxyl groups is 1. The molecule has 3 rings (SSSR count). The second-order valence-corrected chi connectivity index (χ2v) is 6.18. The van der Waals surface area contributed by atoms with Crippen LogP contribution in [-0.4, -0.2) is 45.2 Å². The largest absolute Gasteiger partial charge is 0.507 e. The van der Waals surface area contributed by atoms with E-state index in [0.29, 0.717) is 34.1 Å². The van der Waals surface area contributed by atoms with E-state index in [-0.39, 0.29) is 11.3 Å². The standard InChI is InChI=1S/C21H21NO7/c1-26-12-6-8-14(27-2)13(10-12)18-17(20(24)21(25)22-18)19(23)11-5-7-15(28-3)16(9-11)29-4/h5-10,18,23H,1-4H3,(H,22,25)/t18-/m1/s1. The Hall–Kier alpha value is -3.68. The SMILES string of the molecule is COc1ccc(OC)c([C@H]2NC(=O)C(=O)C2=C(O)c2ccc(OC)c(OC)c2)c1. The van der Waals surface area contributed by atoms with Gasteiger partial charge in [0.15, 0.2) is 11.5 Å². The van der Waals surface area contributed by atoms with E-state index < -0.39 is 17.7 Å². The monoisotopic (exact) mass is 399 g/mol. The molecule has 152 valence electrons. The van der Waals surface area contributed by atoms with Crippen molar-refractivity contribution < 1.29 is 33.6 Å². The van der Waals surface area contributed by atoms with Crippen molar-refractivity contribution in [2.24, 2.45) is 0 Å². The molecular formula is C21H21NO7. The van der Waals surface area contributed by atoms with Crippen molar-refractivity contribution in [1.29, 1.82) is 0 Å². The maximum Gasteiger partial charge on any atom is 0.293 e. The molecule has 2 aromatic carbocycles. The molecule has 0 unspecified atom stereocenters. The number of aliphatic hydroxyl groups excluding tert-OH is 1. The lowest BCUT2D eigenvalue weighted by molar-refractivity contribution is -0.133. The lowest BCUT2D eigenvalue weighted by Crippen LogP contribution is -2.21. The predicted molar refractivity (Wildman–Crippen MR) is 105 cm³/mol. The molecule has 0 spiro atoms. The molecule has 0 radical (unpaired) electrons. The molecule has 2 aromatic rings. The summed E-state index contributed by atoms with van der Waals surface area (Å²) < 4.78 is 21.1. The highest BCUT2D eigenvalue weighted by atomic mass is 16.5. The van der Waals surface area contributed by atoms with E-state index in [1.807, 2.05) is 0 Å². The first kappa shape index (κ1) is 20.1. The summed E-state index contributed by atoms with van der Waals surface area (Å²) in [7, 11) is 5.93. The molecule has 1 heterocycles. The first-order chi connectivity index (χ1) is 13.9. The Morgan fingerprint density at radius 1 is 0.862 bits per heavy atom. The molecule has 8 heteroatoms. The van der Waals surface area contributed by atoms with Crippen molar-refractivity contribution in [3.8, 4) is 23.0 Å². The van der Waals surface area contributed by atoms with Gasteiger partial charge in [-0.05, 0) is 36.4 Å². The van der Waals surface area contributed by atoms with Gasteiger partial charge in [-0.3, -0.25) is 9.59 Å². The van der Waals surface area contributed by atoms with Gasteiger partial charge in [0.05, 0.1) is 40.1 Å². The number of hydrogen-bond acceptors (Lipinski definition) is 7. The normalized spacial score (nSPS) is 17.6. The Labute approximate surface area is 167 Å². The van der Waals surface area contributed by atoms with E-state index in [1.165, 1.54) is 34.5 Å². The minimum atomic E-state index is -0.909. The Kier molecular flexibility index (Phi) is 5.63. The average molecular weight is 399 g/mol. The van der Waals surface area contributed by atoms with Gasteiger partial charge in [-0.15, -0.1) is 0 Å². The quantitative estimate of drug-likeness (QED) is 0.437. The van der Waals surface area contributed by atoms with Crippen LogP contribution in [0.25, 0.3) is 5.76 Å². The number of ketones is 1. The summed E-state index contributed by atoms with van der Waals surface area (Å²) in [5.41, 5.74) is 0.691. The van der Waals surface area contributed by atoms with Gasteiger partial charge in [0.2, 0.25) is 0 Å². The fourth-order valence-corrected chi connectivity index (χ4v) is 3.20. The average Bonchev–Trinajstić information content (AvgIpc) is 3.06. The Balaban J connectivity index is 2.18. The third-order valence-corrected chi connectivity index (χ3v) is 4.67. The minimum absolute atomic E-state index is 0.0891. The summed E-state index contributed by atoms with van der Waals surface area (Å²) in [5, 5.41) is 13.5. The summed E-state index contributed by atoms with van der Waals surface area (Å²) >= 11 is 0. The minimum Gasteiger partial charge on any atom is -0.507 e. The highest BCUT2D eigenvalue weighted by molar-refractivity contribution is 6.46. The van der Waals surface area contributed by atoms with Gasteiger partial charge < -0.3 is 29.4 Å². The Morgan fingerprint density at radius 2 is 1.52 bits per heavy atom. The highest BCUT2D eigenvalue weighted by Crippen LogP contribution is 2.39. The molecule has 0 aromatic heterocycles. The van der Waals surface area contributed by atoms with E-state index in [1.54, 1.807) is 30.3 Å². The van der Waals surface area contributed by atoms with Gasteiger partial charge in [-0.25, -0.2) is 0 Å². The third kappa shape index (κ3) is 3.56. The van der Waals surface area contributed by atoms with E-state index in [2.05, 4.69) is 5.32 Å². The number of amides is 1. The molecule has 29 heavy (non-hydrogen) atoms. The smallest absolute Gasteiger partial charge is 0.293 e. The molecule has 1 aliphatic rings. The van der Waals surface area contributed by atoms with E-state index in [4.69, 9.17) is 18.9 Å². The lowest BCUT2D eigenvalue weighted by Gasteiger charge is -2.18. The topological polar surface area (TPSA) is 103 Å². The van der Waals surface area contributed by atoms with Gasteiger partial charge in [-0.2, -0.15) is 0 Å². The van der Waals surface area contributed by atoms with Crippen LogP contribution < -0.4 is 24.3 Å². The number of benzene rings is 2. The summed E-state index contributed by atoms with van der Waals surface area (Å²) in [4.78, 5) is 24.7. The molecule has 1 amide bonds. The van der Waals surface area contributed by atoms with Crippen LogP contribution in [-0.2, 0) is 9.59 Å². The second kappa shape index (κ2) is 8.14. The van der Waals surface area contributed by atoms with Crippen LogP contribution in [0, 0.1) is 0 Å². The van der Waals surface area contributed by atoms with E-state index in [9.17, 15) is 14.7 Å². The van der Waals surface area contributed by atoms with Gasteiger partial charge in [0.25, 0.3) is 11.7 Å². The lowest BCUT2D eigenvalue weighted by atomic mass is 9.95. The number of carbonyl (C=O) groups is 2. The molecule has 1 atom stereocenters. The number of carbonyl (C=O) groups excluding carboxylic acids is 2. The van der Waals surface area contributed by atoms with Crippen molar-refractivity contribution in [3.05, 3.63) is 53.1 Å². The van der Waals surface area contributed by atoms with Crippen LogP contribution >= 0.6 is 0 Å². The number of rotatable bonds is 6. The van der Waals surface area contributed by atoms with Crippen LogP contribution in [0.1, 0.15) is 17.2 Å². The van der Waals surface area contributed by atoms with Crippen molar-refractivity contribution in [3.63, 3.8) is 0 Å². The van der Waals surface area contributed by atoms with E-state index >= 15 is 0 Å². The van der Waals surface area contributed by atoms with Crippen molar-refractivity contribution >= 4 is 17.4 Å². The Morgan fingerprint density at radius 3 is 2.14 bits per heavy atom. The van der Waals surface area contributed by atoms with Crippen LogP contribution in [0.15, 0.2) is 42.0 Å². The number of hydrogen-bond donors (Lipinski definition) is 2. The fraction of sp³-hybridized carbons (Fsp3) is 0.238. The molecule has 8 nitrogen and oxygen atoms in total. The summed E-state index contributed by atoms with van der Waals surface area (Å²) in [6.45, 7) is 0. The molecule has 0 bridgehead atoms. The predicted octanol–water partition coefficient (Wildman–Crippen LogP) is 2.43. The van der Waals surface area contributed by atoms with Gasteiger partial charge in [-0.1, -0.05) is 0 Å². The summed E-state index contributed by atoms with van der Waals surface area (Å²) in [5.74, 6) is -0.203. The number of methoxy groups -OCH3 is 4.